The molecule has 2 heteroatoms. The molecule has 0 heterocycles. The molecule has 0 radical (unpaired) electrons. The van der Waals surface area contributed by atoms with Crippen molar-refractivity contribution in [2.45, 2.75) is 56.1 Å². The van der Waals surface area contributed by atoms with Crippen molar-refractivity contribution >= 4 is 0 Å². The summed E-state index contributed by atoms with van der Waals surface area (Å²) in [6, 6.07) is 0. The van der Waals surface area contributed by atoms with E-state index < -0.39 is 11.2 Å². The Bertz CT molecular complexity index is 326. The van der Waals surface area contributed by atoms with E-state index in [-0.39, 0.29) is 5.41 Å². The van der Waals surface area contributed by atoms with E-state index >= 15 is 0 Å². The highest BCUT2D eigenvalue weighted by Gasteiger charge is 2.63. The monoisotopic (exact) mass is 220 g/mol. The molecular weight excluding hydrogens is 200 g/mol. The highest BCUT2D eigenvalue weighted by molar-refractivity contribution is 5.25. The molecule has 2 N–H and O–H groups in total. The SMILES string of the molecule is O[C@]12CC=CC[C@](O)(CCC1)C21CC=CC1. The van der Waals surface area contributed by atoms with E-state index in [4.69, 9.17) is 0 Å². The first-order valence-electron chi connectivity index (χ1n) is 6.37. The second kappa shape index (κ2) is 3.21. The number of hydrogen-bond donors (Lipinski definition) is 2. The molecule has 2 atom stereocenters. The fourth-order valence-electron chi connectivity index (χ4n) is 4.15. The van der Waals surface area contributed by atoms with Gasteiger partial charge >= 0.3 is 0 Å². The number of aliphatic hydroxyl groups is 2. The molecule has 2 nitrogen and oxygen atoms in total. The molecule has 3 aliphatic rings. The van der Waals surface area contributed by atoms with E-state index in [1.54, 1.807) is 0 Å². The normalized spacial score (nSPS) is 44.9. The van der Waals surface area contributed by atoms with Crippen molar-refractivity contribution in [3.63, 3.8) is 0 Å². The average molecular weight is 220 g/mol. The second-order valence-corrected chi connectivity index (χ2v) is 5.76. The van der Waals surface area contributed by atoms with Gasteiger partial charge in [-0.1, -0.05) is 24.3 Å². The van der Waals surface area contributed by atoms with Crippen LogP contribution in [-0.2, 0) is 0 Å². The lowest BCUT2D eigenvalue weighted by Crippen LogP contribution is -2.62. The fraction of sp³-hybridized carbons (Fsp3) is 0.714. The van der Waals surface area contributed by atoms with Gasteiger partial charge in [0.1, 0.15) is 0 Å². The van der Waals surface area contributed by atoms with Crippen LogP contribution in [0.2, 0.25) is 0 Å². The van der Waals surface area contributed by atoms with Gasteiger partial charge in [-0.3, -0.25) is 0 Å². The van der Waals surface area contributed by atoms with Crippen LogP contribution in [0, 0.1) is 5.41 Å². The maximum atomic E-state index is 10.9. The Labute approximate surface area is 96.7 Å². The molecule has 3 rings (SSSR count). The Hall–Kier alpha value is -0.600. The Kier molecular flexibility index (Phi) is 2.11. The lowest BCUT2D eigenvalue weighted by atomic mass is 9.53. The van der Waals surface area contributed by atoms with E-state index in [2.05, 4.69) is 24.3 Å². The van der Waals surface area contributed by atoms with Gasteiger partial charge in [0.15, 0.2) is 0 Å². The van der Waals surface area contributed by atoms with Gasteiger partial charge in [0.25, 0.3) is 0 Å². The summed E-state index contributed by atoms with van der Waals surface area (Å²) in [4.78, 5) is 0. The topological polar surface area (TPSA) is 40.5 Å². The van der Waals surface area contributed by atoms with Crippen LogP contribution < -0.4 is 0 Å². The Morgan fingerprint density at radius 3 is 1.62 bits per heavy atom. The summed E-state index contributed by atoms with van der Waals surface area (Å²) in [5.74, 6) is 0. The van der Waals surface area contributed by atoms with Gasteiger partial charge in [-0.25, -0.2) is 0 Å². The van der Waals surface area contributed by atoms with E-state index in [1.165, 1.54) is 0 Å². The molecule has 1 fully saturated rings. The maximum Gasteiger partial charge on any atom is 0.0771 e. The van der Waals surface area contributed by atoms with E-state index in [9.17, 15) is 10.2 Å². The largest absolute Gasteiger partial charge is 0.389 e. The zero-order valence-corrected chi connectivity index (χ0v) is 9.65. The van der Waals surface area contributed by atoms with E-state index in [0.717, 1.165) is 32.1 Å². The molecule has 1 saturated carbocycles. The molecule has 88 valence electrons. The molecule has 2 bridgehead atoms. The summed E-state index contributed by atoms with van der Waals surface area (Å²) < 4.78 is 0. The second-order valence-electron chi connectivity index (χ2n) is 5.76. The van der Waals surface area contributed by atoms with Gasteiger partial charge in [-0.05, 0) is 44.9 Å². The van der Waals surface area contributed by atoms with Crippen molar-refractivity contribution < 1.29 is 10.2 Å². The van der Waals surface area contributed by atoms with Gasteiger partial charge in [0.2, 0.25) is 0 Å². The molecule has 16 heavy (non-hydrogen) atoms. The van der Waals surface area contributed by atoms with Crippen LogP contribution in [0.15, 0.2) is 24.3 Å². The van der Waals surface area contributed by atoms with Gasteiger partial charge in [0, 0.05) is 5.41 Å². The van der Waals surface area contributed by atoms with Crippen LogP contribution in [0.4, 0.5) is 0 Å². The molecular formula is C14H20O2. The lowest BCUT2D eigenvalue weighted by molar-refractivity contribution is -0.215. The summed E-state index contributed by atoms with van der Waals surface area (Å²) in [6.07, 6.45) is 14.1. The minimum Gasteiger partial charge on any atom is -0.389 e. The lowest BCUT2D eigenvalue weighted by Gasteiger charge is -2.57. The summed E-state index contributed by atoms with van der Waals surface area (Å²) in [6.45, 7) is 0. The van der Waals surface area contributed by atoms with Crippen molar-refractivity contribution in [3.8, 4) is 0 Å². The van der Waals surface area contributed by atoms with Crippen LogP contribution in [0.25, 0.3) is 0 Å². The molecule has 0 aromatic heterocycles. The third-order valence-corrected chi connectivity index (χ3v) is 5.14. The molecule has 0 aromatic rings. The molecule has 0 aliphatic heterocycles. The van der Waals surface area contributed by atoms with Gasteiger partial charge in [-0.2, -0.15) is 0 Å². The van der Waals surface area contributed by atoms with Crippen molar-refractivity contribution in [1.82, 2.24) is 0 Å². The predicted octanol–water partition coefficient (Wildman–Crippen LogP) is 2.32. The van der Waals surface area contributed by atoms with Gasteiger partial charge in [0.05, 0.1) is 11.2 Å². The Balaban J connectivity index is 2.11. The van der Waals surface area contributed by atoms with Gasteiger partial charge < -0.3 is 10.2 Å². The molecule has 0 saturated heterocycles. The fourth-order valence-corrected chi connectivity index (χ4v) is 4.15. The summed E-state index contributed by atoms with van der Waals surface area (Å²) in [7, 11) is 0. The molecule has 0 unspecified atom stereocenters. The molecule has 0 amide bonds. The van der Waals surface area contributed by atoms with Crippen molar-refractivity contribution in [3.05, 3.63) is 24.3 Å². The smallest absolute Gasteiger partial charge is 0.0771 e. The number of hydrogen-bond acceptors (Lipinski definition) is 2. The summed E-state index contributed by atoms with van der Waals surface area (Å²) in [5, 5.41) is 21.9. The van der Waals surface area contributed by atoms with Gasteiger partial charge in [-0.15, -0.1) is 0 Å². The summed E-state index contributed by atoms with van der Waals surface area (Å²) in [5.41, 5.74) is -1.71. The Morgan fingerprint density at radius 2 is 1.12 bits per heavy atom. The highest BCUT2D eigenvalue weighted by Crippen LogP contribution is 2.60. The van der Waals surface area contributed by atoms with E-state index in [0.29, 0.717) is 12.8 Å². The predicted molar refractivity (Wildman–Crippen MR) is 62.9 cm³/mol. The molecule has 1 spiro atoms. The third-order valence-electron chi connectivity index (χ3n) is 5.14. The van der Waals surface area contributed by atoms with Crippen molar-refractivity contribution in [2.24, 2.45) is 5.41 Å². The molecule has 3 aliphatic carbocycles. The highest BCUT2D eigenvalue weighted by atomic mass is 16.3. The van der Waals surface area contributed by atoms with Crippen LogP contribution in [-0.4, -0.2) is 21.4 Å². The maximum absolute atomic E-state index is 10.9. The minimum absolute atomic E-state index is 0.318. The van der Waals surface area contributed by atoms with Crippen LogP contribution in [0.5, 0.6) is 0 Å². The average Bonchev–Trinajstić information content (AvgIpc) is 2.71. The van der Waals surface area contributed by atoms with Crippen LogP contribution >= 0.6 is 0 Å². The standard InChI is InChI=1S/C14H20O2/c15-13-8-3-4-9-14(16,11-5-10-13)12(13)6-1-2-7-12/h1-4,15-16H,5-11H2/t13-,14+. The van der Waals surface area contributed by atoms with Crippen molar-refractivity contribution in [1.29, 1.82) is 0 Å². The van der Waals surface area contributed by atoms with Crippen LogP contribution in [0.3, 0.4) is 0 Å². The first-order valence-corrected chi connectivity index (χ1v) is 6.37. The Morgan fingerprint density at radius 1 is 0.688 bits per heavy atom. The summed E-state index contributed by atoms with van der Waals surface area (Å²) >= 11 is 0. The van der Waals surface area contributed by atoms with Crippen molar-refractivity contribution in [2.75, 3.05) is 0 Å². The third kappa shape index (κ3) is 1.09. The number of allylic oxidation sites excluding steroid dienone is 2. The minimum atomic E-state index is -0.698. The number of rotatable bonds is 0. The first-order chi connectivity index (χ1) is 7.62. The van der Waals surface area contributed by atoms with Crippen LogP contribution in [0.1, 0.15) is 44.9 Å². The molecule has 0 aromatic carbocycles. The zero-order chi connectivity index (χ0) is 11.3. The van der Waals surface area contributed by atoms with E-state index in [1.807, 2.05) is 0 Å². The quantitative estimate of drug-likeness (QED) is 0.615. The first kappa shape index (κ1) is 10.5. The zero-order valence-electron chi connectivity index (χ0n) is 9.65.